The molecule has 0 saturated carbocycles. The van der Waals surface area contributed by atoms with Gasteiger partial charge in [-0.05, 0) is 18.2 Å². The van der Waals surface area contributed by atoms with Crippen LogP contribution in [0.2, 0.25) is 5.02 Å². The Balaban J connectivity index is 2.78. The second-order valence-corrected chi connectivity index (χ2v) is 3.58. The highest BCUT2D eigenvalue weighted by molar-refractivity contribution is 6.32. The smallest absolute Gasteiger partial charge is 0.417 e. The van der Waals surface area contributed by atoms with Gasteiger partial charge in [0.25, 0.3) is 0 Å². The molecule has 0 unspecified atom stereocenters. The number of aromatic hydroxyl groups is 1. The molecule has 2 aromatic rings. The van der Waals surface area contributed by atoms with Crippen molar-refractivity contribution in [3.8, 4) is 5.75 Å². The Morgan fingerprint density at radius 2 is 1.94 bits per heavy atom. The first kappa shape index (κ1) is 11.0. The van der Waals surface area contributed by atoms with Gasteiger partial charge < -0.3 is 5.11 Å². The summed E-state index contributed by atoms with van der Waals surface area (Å²) in [4.78, 5) is 3.74. The largest absolute Gasteiger partial charge is 0.507 e. The Morgan fingerprint density at radius 3 is 2.56 bits per heavy atom. The molecule has 0 aliphatic heterocycles. The van der Waals surface area contributed by atoms with Crippen molar-refractivity contribution in [1.82, 2.24) is 4.98 Å². The van der Waals surface area contributed by atoms with Gasteiger partial charge in [0.15, 0.2) is 0 Å². The van der Waals surface area contributed by atoms with Gasteiger partial charge in [0, 0.05) is 11.6 Å². The predicted octanol–water partition coefficient (Wildman–Crippen LogP) is 3.61. The molecule has 0 fully saturated rings. The molecule has 1 N–H and O–H groups in total. The molecule has 2 nitrogen and oxygen atoms in total. The minimum absolute atomic E-state index is 0.0525. The molecule has 0 atom stereocenters. The van der Waals surface area contributed by atoms with Crippen LogP contribution >= 0.6 is 11.6 Å². The quantitative estimate of drug-likeness (QED) is 0.771. The van der Waals surface area contributed by atoms with Gasteiger partial charge in [-0.25, -0.2) is 0 Å². The second kappa shape index (κ2) is 3.52. The Morgan fingerprint density at radius 1 is 1.25 bits per heavy atom. The van der Waals surface area contributed by atoms with Crippen LogP contribution in [0.25, 0.3) is 10.9 Å². The summed E-state index contributed by atoms with van der Waals surface area (Å²) in [5, 5.41) is 9.15. The molecule has 0 bridgehead atoms. The van der Waals surface area contributed by atoms with Crippen molar-refractivity contribution in [3.63, 3.8) is 0 Å². The number of nitrogens with zero attached hydrogens (tertiary/aromatic N) is 1. The molecule has 1 aromatic carbocycles. The summed E-state index contributed by atoms with van der Waals surface area (Å²) in [6.45, 7) is 0. The van der Waals surface area contributed by atoms with Gasteiger partial charge in [-0.3, -0.25) is 4.98 Å². The molecular weight excluding hydrogens is 243 g/mol. The van der Waals surface area contributed by atoms with E-state index in [0.29, 0.717) is 0 Å². The zero-order valence-electron chi connectivity index (χ0n) is 7.72. The maximum absolute atomic E-state index is 12.5. The van der Waals surface area contributed by atoms with Crippen molar-refractivity contribution in [2.75, 3.05) is 0 Å². The van der Waals surface area contributed by atoms with E-state index in [1.807, 2.05) is 0 Å². The summed E-state index contributed by atoms with van der Waals surface area (Å²) in [7, 11) is 0. The van der Waals surface area contributed by atoms with Crippen molar-refractivity contribution in [2.45, 2.75) is 6.18 Å². The van der Waals surface area contributed by atoms with Crippen molar-refractivity contribution in [1.29, 1.82) is 0 Å². The lowest BCUT2D eigenvalue weighted by Gasteiger charge is -2.10. The van der Waals surface area contributed by atoms with E-state index in [0.717, 1.165) is 12.1 Å². The SMILES string of the molecule is Oc1ccnc2cc(C(F)(F)F)c(Cl)cc12. The molecular formula is C10H5ClF3NO. The van der Waals surface area contributed by atoms with E-state index < -0.39 is 16.8 Å². The van der Waals surface area contributed by atoms with E-state index >= 15 is 0 Å². The maximum atomic E-state index is 12.5. The number of aromatic nitrogens is 1. The molecule has 0 saturated heterocycles. The van der Waals surface area contributed by atoms with E-state index in [2.05, 4.69) is 4.98 Å². The molecule has 1 heterocycles. The summed E-state index contributed by atoms with van der Waals surface area (Å²) >= 11 is 5.50. The van der Waals surface area contributed by atoms with Gasteiger partial charge in [0.2, 0.25) is 0 Å². The molecule has 2 rings (SSSR count). The van der Waals surface area contributed by atoms with Gasteiger partial charge in [0.05, 0.1) is 16.1 Å². The molecule has 0 amide bonds. The van der Waals surface area contributed by atoms with Crippen molar-refractivity contribution >= 4 is 22.5 Å². The number of benzene rings is 1. The number of alkyl halides is 3. The van der Waals surface area contributed by atoms with Crippen LogP contribution in [0.5, 0.6) is 5.75 Å². The van der Waals surface area contributed by atoms with Gasteiger partial charge >= 0.3 is 6.18 Å². The highest BCUT2D eigenvalue weighted by Gasteiger charge is 2.33. The first-order valence-corrected chi connectivity index (χ1v) is 4.62. The number of fused-ring (bicyclic) bond motifs is 1. The van der Waals surface area contributed by atoms with Crippen LogP contribution in [-0.2, 0) is 6.18 Å². The standard InChI is InChI=1S/C10H5ClF3NO/c11-7-3-5-8(15-2-1-9(5)16)4-6(7)10(12,13)14/h1-4H,(H,15,16). The van der Waals surface area contributed by atoms with Crippen molar-refractivity contribution in [3.05, 3.63) is 35.0 Å². The molecule has 0 spiro atoms. The van der Waals surface area contributed by atoms with Gasteiger partial charge in [-0.2, -0.15) is 13.2 Å². The lowest BCUT2D eigenvalue weighted by Crippen LogP contribution is -2.05. The van der Waals surface area contributed by atoms with Crippen LogP contribution in [0, 0.1) is 0 Å². The normalized spacial score (nSPS) is 12.0. The molecule has 16 heavy (non-hydrogen) atoms. The molecule has 1 aromatic heterocycles. The van der Waals surface area contributed by atoms with Crippen LogP contribution in [0.15, 0.2) is 24.4 Å². The monoisotopic (exact) mass is 247 g/mol. The predicted molar refractivity (Wildman–Crippen MR) is 53.4 cm³/mol. The number of hydrogen-bond donors (Lipinski definition) is 1. The van der Waals surface area contributed by atoms with Crippen LogP contribution in [-0.4, -0.2) is 10.1 Å². The average Bonchev–Trinajstić information content (AvgIpc) is 2.17. The lowest BCUT2D eigenvalue weighted by atomic mass is 10.1. The fourth-order valence-electron chi connectivity index (χ4n) is 1.37. The number of rotatable bonds is 0. The van der Waals surface area contributed by atoms with Gasteiger partial charge in [-0.1, -0.05) is 11.6 Å². The van der Waals surface area contributed by atoms with Crippen LogP contribution in [0.1, 0.15) is 5.56 Å². The minimum Gasteiger partial charge on any atom is -0.507 e. The minimum atomic E-state index is -4.53. The molecule has 0 aliphatic rings. The Labute approximate surface area is 93.3 Å². The first-order valence-electron chi connectivity index (χ1n) is 4.24. The second-order valence-electron chi connectivity index (χ2n) is 3.18. The average molecular weight is 248 g/mol. The zero-order valence-corrected chi connectivity index (χ0v) is 8.47. The molecule has 0 radical (unpaired) electrons. The van der Waals surface area contributed by atoms with Gasteiger partial charge in [0.1, 0.15) is 5.75 Å². The maximum Gasteiger partial charge on any atom is 0.417 e. The molecule has 6 heteroatoms. The number of pyridine rings is 1. The zero-order chi connectivity index (χ0) is 11.9. The van der Waals surface area contributed by atoms with E-state index in [1.165, 1.54) is 12.3 Å². The van der Waals surface area contributed by atoms with Crippen LogP contribution in [0.3, 0.4) is 0 Å². The van der Waals surface area contributed by atoms with Crippen LogP contribution < -0.4 is 0 Å². The number of hydrogen-bond acceptors (Lipinski definition) is 2. The number of halogens is 4. The van der Waals surface area contributed by atoms with Crippen LogP contribution in [0.4, 0.5) is 13.2 Å². The third kappa shape index (κ3) is 1.78. The third-order valence-corrected chi connectivity index (χ3v) is 2.43. The Kier molecular flexibility index (Phi) is 2.42. The Bertz CT molecular complexity index is 553. The topological polar surface area (TPSA) is 33.1 Å². The fourth-order valence-corrected chi connectivity index (χ4v) is 1.64. The summed E-state index contributed by atoms with van der Waals surface area (Å²) in [5.41, 5.74) is -0.906. The highest BCUT2D eigenvalue weighted by atomic mass is 35.5. The lowest BCUT2D eigenvalue weighted by molar-refractivity contribution is -0.137. The van der Waals surface area contributed by atoms with E-state index in [9.17, 15) is 18.3 Å². The first-order chi connectivity index (χ1) is 7.39. The van der Waals surface area contributed by atoms with E-state index in [4.69, 9.17) is 11.6 Å². The summed E-state index contributed by atoms with van der Waals surface area (Å²) in [5.74, 6) is -0.152. The van der Waals surface area contributed by atoms with E-state index in [1.54, 1.807) is 0 Å². The third-order valence-electron chi connectivity index (χ3n) is 2.11. The molecule has 84 valence electrons. The van der Waals surface area contributed by atoms with Crippen molar-refractivity contribution < 1.29 is 18.3 Å². The Hall–Kier alpha value is -1.49. The summed E-state index contributed by atoms with van der Waals surface area (Å²) in [6, 6.07) is 3.16. The molecule has 0 aliphatic carbocycles. The van der Waals surface area contributed by atoms with E-state index in [-0.39, 0.29) is 16.7 Å². The van der Waals surface area contributed by atoms with Gasteiger partial charge in [-0.15, -0.1) is 0 Å². The fraction of sp³-hybridized carbons (Fsp3) is 0.100. The summed E-state index contributed by atoms with van der Waals surface area (Å²) < 4.78 is 37.5. The van der Waals surface area contributed by atoms with Crippen molar-refractivity contribution in [2.24, 2.45) is 0 Å². The highest BCUT2D eigenvalue weighted by Crippen LogP contribution is 2.38. The summed E-state index contributed by atoms with van der Waals surface area (Å²) in [6.07, 6.45) is -3.30.